The Bertz CT molecular complexity index is 1200. The van der Waals surface area contributed by atoms with E-state index in [0.717, 1.165) is 38.4 Å². The van der Waals surface area contributed by atoms with E-state index in [9.17, 15) is 9.59 Å². The molecule has 10 heteroatoms. The summed E-state index contributed by atoms with van der Waals surface area (Å²) in [6.45, 7) is 9.70. The van der Waals surface area contributed by atoms with Crippen LogP contribution < -0.4 is 27.1 Å². The van der Waals surface area contributed by atoms with E-state index in [-0.39, 0.29) is 16.8 Å². The summed E-state index contributed by atoms with van der Waals surface area (Å²) in [6.07, 6.45) is 1.40. The predicted molar refractivity (Wildman–Crippen MR) is 126 cm³/mol. The van der Waals surface area contributed by atoms with Crippen molar-refractivity contribution in [2.75, 3.05) is 48.7 Å². The topological polar surface area (TPSA) is 135 Å². The van der Waals surface area contributed by atoms with Crippen molar-refractivity contribution in [3.05, 3.63) is 46.2 Å². The first kappa shape index (κ1) is 21.6. The van der Waals surface area contributed by atoms with Crippen molar-refractivity contribution in [1.82, 2.24) is 19.4 Å². The maximum Gasteiger partial charge on any atom is 0.256 e. The third-order valence-electron chi connectivity index (χ3n) is 5.91. The molecule has 1 saturated heterocycles. The number of rotatable bonds is 6. The molecular weight excluding hydrogens is 408 g/mol. The molecule has 1 fully saturated rings. The largest absolute Gasteiger partial charge is 0.384 e. The van der Waals surface area contributed by atoms with Crippen LogP contribution in [0.4, 0.5) is 23.1 Å². The molecule has 2 aromatic heterocycles. The Morgan fingerprint density at radius 2 is 1.78 bits per heavy atom. The molecular formula is C22H28N8O2. The fourth-order valence-electron chi connectivity index (χ4n) is 4.06. The molecule has 0 unspecified atom stereocenters. The van der Waals surface area contributed by atoms with Crippen LogP contribution in [0.5, 0.6) is 0 Å². The highest BCUT2D eigenvalue weighted by atomic mass is 16.2. The van der Waals surface area contributed by atoms with E-state index in [1.165, 1.54) is 11.9 Å². The molecule has 3 heterocycles. The standard InChI is InChI=1S/C22H28N8O2/c1-3-28-9-11-29(12-10-28)15-7-5-14(6-8-15)26-22-25-13-16-18(31)17(20(24)32)19(23)30(4-2)21(16)27-22/h5-8,13H,3-4,9-12,23H2,1-2H3,(H2,24,32)(H,25,26,27). The highest BCUT2D eigenvalue weighted by Crippen LogP contribution is 2.22. The number of primary amides is 1. The monoisotopic (exact) mass is 436 g/mol. The van der Waals surface area contributed by atoms with Crippen LogP contribution in [0.1, 0.15) is 24.2 Å². The molecule has 32 heavy (non-hydrogen) atoms. The van der Waals surface area contributed by atoms with Gasteiger partial charge in [0.05, 0.1) is 5.39 Å². The van der Waals surface area contributed by atoms with Gasteiger partial charge in [-0.25, -0.2) is 4.98 Å². The number of fused-ring (bicyclic) bond motifs is 1. The minimum absolute atomic E-state index is 0.00896. The zero-order chi connectivity index (χ0) is 22.8. The molecule has 10 nitrogen and oxygen atoms in total. The van der Waals surface area contributed by atoms with Gasteiger partial charge < -0.3 is 31.2 Å². The summed E-state index contributed by atoms with van der Waals surface area (Å²) in [4.78, 5) is 37.9. The number of nitrogens with zero attached hydrogens (tertiary/aromatic N) is 5. The Hall–Kier alpha value is -3.66. The Morgan fingerprint density at radius 3 is 2.38 bits per heavy atom. The zero-order valence-corrected chi connectivity index (χ0v) is 18.3. The Balaban J connectivity index is 1.59. The maximum atomic E-state index is 12.7. The molecule has 0 bridgehead atoms. The van der Waals surface area contributed by atoms with Gasteiger partial charge in [-0.15, -0.1) is 0 Å². The SMILES string of the molecule is CCN1CCN(c2ccc(Nc3ncc4c(=O)c(C(N)=O)c(N)n(CC)c4n3)cc2)CC1. The van der Waals surface area contributed by atoms with Gasteiger partial charge in [0.25, 0.3) is 5.91 Å². The van der Waals surface area contributed by atoms with Crippen LogP contribution in [-0.2, 0) is 6.54 Å². The molecule has 3 aromatic rings. The lowest BCUT2D eigenvalue weighted by Gasteiger charge is -2.35. The van der Waals surface area contributed by atoms with Gasteiger partial charge >= 0.3 is 0 Å². The van der Waals surface area contributed by atoms with Crippen molar-refractivity contribution >= 4 is 40.1 Å². The number of piperazine rings is 1. The summed E-state index contributed by atoms with van der Waals surface area (Å²) < 4.78 is 1.59. The first-order valence-corrected chi connectivity index (χ1v) is 10.8. The number of hydrogen-bond acceptors (Lipinski definition) is 8. The molecule has 0 aliphatic carbocycles. The van der Waals surface area contributed by atoms with E-state index in [0.29, 0.717) is 18.1 Å². The first-order valence-electron chi connectivity index (χ1n) is 10.8. The maximum absolute atomic E-state index is 12.7. The average Bonchev–Trinajstić information content (AvgIpc) is 2.80. The molecule has 168 valence electrons. The minimum atomic E-state index is -0.866. The Kier molecular flexibility index (Phi) is 5.95. The summed E-state index contributed by atoms with van der Waals surface area (Å²) in [7, 11) is 0. The second kappa shape index (κ2) is 8.83. The lowest BCUT2D eigenvalue weighted by atomic mass is 10.1. The summed E-state index contributed by atoms with van der Waals surface area (Å²) in [5.41, 5.74) is 12.9. The number of nitrogens with one attached hydrogen (secondary N) is 1. The van der Waals surface area contributed by atoms with Crippen LogP contribution in [0.25, 0.3) is 11.0 Å². The van der Waals surface area contributed by atoms with Crippen molar-refractivity contribution in [2.45, 2.75) is 20.4 Å². The Labute approximate surface area is 185 Å². The molecule has 0 saturated carbocycles. The predicted octanol–water partition coefficient (Wildman–Crippen LogP) is 1.38. The summed E-state index contributed by atoms with van der Waals surface area (Å²) >= 11 is 0. The number of nitrogens with two attached hydrogens (primary N) is 2. The van der Waals surface area contributed by atoms with Crippen molar-refractivity contribution < 1.29 is 4.79 Å². The minimum Gasteiger partial charge on any atom is -0.384 e. The van der Waals surface area contributed by atoms with Crippen molar-refractivity contribution in [3.8, 4) is 0 Å². The fraction of sp³-hybridized carbons (Fsp3) is 0.364. The van der Waals surface area contributed by atoms with E-state index >= 15 is 0 Å². The molecule has 1 aliphatic heterocycles. The third kappa shape index (κ3) is 3.96. The van der Waals surface area contributed by atoms with Crippen molar-refractivity contribution in [2.24, 2.45) is 5.73 Å². The average molecular weight is 437 g/mol. The van der Waals surface area contributed by atoms with Crippen LogP contribution in [0.3, 0.4) is 0 Å². The van der Waals surface area contributed by atoms with Crippen molar-refractivity contribution in [3.63, 3.8) is 0 Å². The van der Waals surface area contributed by atoms with E-state index in [1.54, 1.807) is 4.57 Å². The number of benzene rings is 1. The molecule has 1 aromatic carbocycles. The van der Waals surface area contributed by atoms with Gasteiger partial charge in [-0.3, -0.25) is 9.59 Å². The van der Waals surface area contributed by atoms with Gasteiger partial charge in [-0.1, -0.05) is 6.92 Å². The molecule has 0 atom stereocenters. The van der Waals surface area contributed by atoms with E-state index in [1.807, 2.05) is 19.1 Å². The summed E-state index contributed by atoms with van der Waals surface area (Å²) in [5.74, 6) is -0.528. The van der Waals surface area contributed by atoms with Crippen LogP contribution in [0.15, 0.2) is 35.3 Å². The first-order chi connectivity index (χ1) is 15.4. The zero-order valence-electron chi connectivity index (χ0n) is 18.3. The number of carbonyl (C=O) groups excluding carboxylic acids is 1. The van der Waals surface area contributed by atoms with Crippen LogP contribution in [0.2, 0.25) is 0 Å². The number of aromatic nitrogens is 3. The van der Waals surface area contributed by atoms with Gasteiger partial charge in [0, 0.05) is 50.3 Å². The molecule has 5 N–H and O–H groups in total. The van der Waals surface area contributed by atoms with E-state index in [2.05, 4.69) is 44.1 Å². The number of likely N-dealkylation sites (N-methyl/N-ethyl adjacent to an activating group) is 1. The summed E-state index contributed by atoms with van der Waals surface area (Å²) in [5, 5.41) is 3.37. The van der Waals surface area contributed by atoms with Gasteiger partial charge in [0.15, 0.2) is 5.65 Å². The highest BCUT2D eigenvalue weighted by molar-refractivity contribution is 6.00. The van der Waals surface area contributed by atoms with Crippen LogP contribution >= 0.6 is 0 Å². The number of pyridine rings is 1. The molecule has 1 amide bonds. The number of nitrogen functional groups attached to an aromatic ring is 1. The highest BCUT2D eigenvalue weighted by Gasteiger charge is 2.20. The number of hydrogen-bond donors (Lipinski definition) is 3. The number of amides is 1. The Morgan fingerprint density at radius 1 is 1.09 bits per heavy atom. The van der Waals surface area contributed by atoms with Gasteiger partial charge in [0.1, 0.15) is 11.4 Å². The lowest BCUT2D eigenvalue weighted by molar-refractivity contribution is 0.1000. The lowest BCUT2D eigenvalue weighted by Crippen LogP contribution is -2.46. The third-order valence-corrected chi connectivity index (χ3v) is 5.91. The van der Waals surface area contributed by atoms with Crippen LogP contribution in [-0.4, -0.2) is 58.1 Å². The number of aryl methyl sites for hydroxylation is 1. The van der Waals surface area contributed by atoms with Crippen molar-refractivity contribution in [1.29, 1.82) is 0 Å². The second-order valence-electron chi connectivity index (χ2n) is 7.72. The smallest absolute Gasteiger partial charge is 0.256 e. The molecule has 1 aliphatic rings. The fourth-order valence-corrected chi connectivity index (χ4v) is 4.06. The normalized spacial score (nSPS) is 14.6. The number of carbonyl (C=O) groups is 1. The van der Waals surface area contributed by atoms with Crippen LogP contribution in [0, 0.1) is 0 Å². The molecule has 4 rings (SSSR count). The number of anilines is 4. The van der Waals surface area contributed by atoms with E-state index < -0.39 is 11.3 Å². The molecule has 0 spiro atoms. The van der Waals surface area contributed by atoms with Gasteiger partial charge in [0.2, 0.25) is 11.4 Å². The summed E-state index contributed by atoms with van der Waals surface area (Å²) in [6, 6.07) is 8.10. The second-order valence-corrected chi connectivity index (χ2v) is 7.72. The van der Waals surface area contributed by atoms with Gasteiger partial charge in [-0.2, -0.15) is 4.98 Å². The quantitative estimate of drug-likeness (QED) is 0.527. The van der Waals surface area contributed by atoms with Gasteiger partial charge in [-0.05, 0) is 37.7 Å². The van der Waals surface area contributed by atoms with E-state index in [4.69, 9.17) is 11.5 Å². The molecule has 0 radical (unpaired) electrons.